The van der Waals surface area contributed by atoms with Gasteiger partial charge in [-0.3, -0.25) is 0 Å². The van der Waals surface area contributed by atoms with E-state index < -0.39 is 15.1 Å². The van der Waals surface area contributed by atoms with Crippen LogP contribution in [0.4, 0.5) is 0 Å². The van der Waals surface area contributed by atoms with Crippen LogP contribution in [0, 0.1) is 11.3 Å². The molecule has 6 heteroatoms. The molecule has 1 rings (SSSR count). The zero-order valence-corrected chi connectivity index (χ0v) is 14.0. The maximum Gasteiger partial charge on any atom is 1.00 e. The van der Waals surface area contributed by atoms with Gasteiger partial charge in [-0.15, -0.1) is 0 Å². The molecule has 0 spiro atoms. The standard InChI is InChI=1S/C11H22O4S.Na/c1-10(2,3)9-5-4-7-11(12,8-6-9)16(13,14)15;/h9,12H,4-8H2,1-3H3,(H,13,14,15);/q;+1/p-1. The Labute approximate surface area is 126 Å². The van der Waals surface area contributed by atoms with Gasteiger partial charge in [-0.05, 0) is 43.4 Å². The largest absolute Gasteiger partial charge is 1.00 e. The van der Waals surface area contributed by atoms with Gasteiger partial charge in [0.25, 0.3) is 0 Å². The summed E-state index contributed by atoms with van der Waals surface area (Å²) in [4.78, 5) is -2.03. The Hall–Kier alpha value is 0.870. The van der Waals surface area contributed by atoms with Crippen molar-refractivity contribution in [3.05, 3.63) is 0 Å². The van der Waals surface area contributed by atoms with E-state index in [0.717, 1.165) is 6.42 Å². The van der Waals surface area contributed by atoms with Gasteiger partial charge in [-0.1, -0.05) is 20.8 Å². The molecular formula is C11H21NaO4S. The van der Waals surface area contributed by atoms with E-state index in [-0.39, 0.29) is 47.8 Å². The molecule has 0 radical (unpaired) electrons. The Balaban J connectivity index is 0.00000256. The zero-order valence-electron chi connectivity index (χ0n) is 11.2. The second-order valence-electron chi connectivity index (χ2n) is 5.89. The van der Waals surface area contributed by atoms with E-state index in [9.17, 15) is 18.1 Å². The monoisotopic (exact) mass is 272 g/mol. The summed E-state index contributed by atoms with van der Waals surface area (Å²) in [7, 11) is -4.61. The van der Waals surface area contributed by atoms with Crippen LogP contribution in [0.5, 0.6) is 0 Å². The van der Waals surface area contributed by atoms with E-state index in [1.54, 1.807) is 0 Å². The van der Waals surface area contributed by atoms with Gasteiger partial charge in [-0.25, -0.2) is 8.42 Å². The second kappa shape index (κ2) is 5.88. The van der Waals surface area contributed by atoms with E-state index in [2.05, 4.69) is 20.8 Å². The predicted octanol–water partition coefficient (Wildman–Crippen LogP) is -1.15. The van der Waals surface area contributed by atoms with Gasteiger partial charge >= 0.3 is 29.6 Å². The molecule has 0 saturated heterocycles. The van der Waals surface area contributed by atoms with Crippen LogP contribution >= 0.6 is 0 Å². The Bertz CT molecular complexity index is 347. The molecule has 2 atom stereocenters. The first-order valence-corrected chi connectivity index (χ1v) is 7.15. The van der Waals surface area contributed by atoms with Gasteiger partial charge in [-0.2, -0.15) is 0 Å². The second-order valence-corrected chi connectivity index (χ2v) is 7.56. The molecule has 0 aromatic carbocycles. The molecule has 0 amide bonds. The average Bonchev–Trinajstić information content (AvgIpc) is 2.25. The van der Waals surface area contributed by atoms with Gasteiger partial charge in [0.05, 0.1) is 0 Å². The third kappa shape index (κ3) is 4.48. The van der Waals surface area contributed by atoms with Gasteiger partial charge in [0.15, 0.2) is 4.93 Å². The van der Waals surface area contributed by atoms with Crippen molar-refractivity contribution in [2.24, 2.45) is 11.3 Å². The summed E-state index contributed by atoms with van der Waals surface area (Å²) in [6.45, 7) is 6.31. The van der Waals surface area contributed by atoms with Crippen molar-refractivity contribution in [1.82, 2.24) is 0 Å². The third-order valence-corrected chi connectivity index (χ3v) is 5.03. The van der Waals surface area contributed by atoms with Crippen LogP contribution in [0.2, 0.25) is 0 Å². The molecule has 1 saturated carbocycles. The van der Waals surface area contributed by atoms with Crippen LogP contribution in [0.25, 0.3) is 0 Å². The first kappa shape index (κ1) is 17.9. The summed E-state index contributed by atoms with van der Waals surface area (Å²) >= 11 is 0. The quantitative estimate of drug-likeness (QED) is 0.371. The minimum absolute atomic E-state index is 0. The SMILES string of the molecule is CC(C)(C)C1CCCC(O)(S(=O)(=O)[O-])CC1.[Na+]. The molecule has 1 fully saturated rings. The van der Waals surface area contributed by atoms with Crippen molar-refractivity contribution in [3.8, 4) is 0 Å². The van der Waals surface area contributed by atoms with Crippen molar-refractivity contribution in [2.45, 2.75) is 57.8 Å². The number of aliphatic hydroxyl groups is 1. The Morgan fingerprint density at radius 3 is 2.18 bits per heavy atom. The van der Waals surface area contributed by atoms with Gasteiger partial charge in [0, 0.05) is 0 Å². The van der Waals surface area contributed by atoms with Crippen molar-refractivity contribution in [1.29, 1.82) is 0 Å². The van der Waals surface area contributed by atoms with E-state index in [1.807, 2.05) is 0 Å². The fraction of sp³-hybridized carbons (Fsp3) is 1.00. The molecule has 1 aliphatic rings. The fourth-order valence-electron chi connectivity index (χ4n) is 2.41. The molecule has 17 heavy (non-hydrogen) atoms. The topological polar surface area (TPSA) is 77.4 Å². The zero-order chi connectivity index (χ0) is 12.6. The summed E-state index contributed by atoms with van der Waals surface area (Å²) in [6.07, 6.45) is 2.22. The molecule has 2 unspecified atom stereocenters. The maximum atomic E-state index is 11.0. The average molecular weight is 272 g/mol. The molecule has 0 heterocycles. The normalized spacial score (nSPS) is 31.5. The van der Waals surface area contributed by atoms with Crippen LogP contribution in [0.15, 0.2) is 0 Å². The molecule has 0 aliphatic heterocycles. The van der Waals surface area contributed by atoms with Crippen LogP contribution < -0.4 is 29.6 Å². The molecule has 96 valence electrons. The van der Waals surface area contributed by atoms with Crippen LogP contribution in [0.1, 0.15) is 52.9 Å². The van der Waals surface area contributed by atoms with Gasteiger partial charge < -0.3 is 9.66 Å². The summed E-state index contributed by atoms with van der Waals surface area (Å²) < 4.78 is 33.0. The van der Waals surface area contributed by atoms with Gasteiger partial charge in [0.2, 0.25) is 0 Å². The van der Waals surface area contributed by atoms with E-state index in [1.165, 1.54) is 0 Å². The van der Waals surface area contributed by atoms with Crippen molar-refractivity contribution >= 4 is 10.1 Å². The number of hydrogen-bond donors (Lipinski definition) is 1. The van der Waals surface area contributed by atoms with Gasteiger partial charge in [0.1, 0.15) is 10.1 Å². The number of rotatable bonds is 1. The summed E-state index contributed by atoms with van der Waals surface area (Å²) in [6, 6.07) is 0. The van der Waals surface area contributed by atoms with E-state index >= 15 is 0 Å². The molecular weight excluding hydrogens is 251 g/mol. The minimum Gasteiger partial charge on any atom is -0.746 e. The van der Waals surface area contributed by atoms with Crippen molar-refractivity contribution in [3.63, 3.8) is 0 Å². The van der Waals surface area contributed by atoms with Crippen molar-refractivity contribution in [2.75, 3.05) is 0 Å². The summed E-state index contributed by atoms with van der Waals surface area (Å²) in [5.41, 5.74) is 0.0951. The smallest absolute Gasteiger partial charge is 0.746 e. The molecule has 1 N–H and O–H groups in total. The Morgan fingerprint density at radius 2 is 1.76 bits per heavy atom. The van der Waals surface area contributed by atoms with Crippen LogP contribution in [-0.4, -0.2) is 23.0 Å². The van der Waals surface area contributed by atoms with Crippen LogP contribution in [0.3, 0.4) is 0 Å². The Kier molecular flexibility index (Phi) is 6.19. The predicted molar refractivity (Wildman–Crippen MR) is 60.7 cm³/mol. The summed E-state index contributed by atoms with van der Waals surface area (Å²) in [5, 5.41) is 9.87. The minimum atomic E-state index is -4.61. The van der Waals surface area contributed by atoms with Crippen molar-refractivity contribution < 1.29 is 47.6 Å². The maximum absolute atomic E-state index is 11.0. The molecule has 0 bridgehead atoms. The van der Waals surface area contributed by atoms with Crippen LogP contribution in [-0.2, 0) is 10.1 Å². The fourth-order valence-corrected chi connectivity index (χ4v) is 3.17. The van der Waals surface area contributed by atoms with E-state index in [0.29, 0.717) is 18.8 Å². The first-order valence-electron chi connectivity index (χ1n) is 5.74. The molecule has 0 aromatic rings. The number of hydrogen-bond acceptors (Lipinski definition) is 4. The molecule has 1 aliphatic carbocycles. The Morgan fingerprint density at radius 1 is 1.24 bits per heavy atom. The third-order valence-electron chi connectivity index (χ3n) is 3.69. The molecule has 4 nitrogen and oxygen atoms in total. The summed E-state index contributed by atoms with van der Waals surface area (Å²) in [5.74, 6) is 0.364. The first-order chi connectivity index (χ1) is 7.06. The van der Waals surface area contributed by atoms with E-state index in [4.69, 9.17) is 0 Å². The molecule has 0 aromatic heterocycles.